The van der Waals surface area contributed by atoms with E-state index in [0.29, 0.717) is 18.9 Å². The average Bonchev–Trinajstić information content (AvgIpc) is 2.47. The van der Waals surface area contributed by atoms with E-state index in [1.165, 1.54) is 6.33 Å². The number of aromatic nitrogens is 3. The zero-order valence-electron chi connectivity index (χ0n) is 10.6. The number of pyridine rings is 1. The smallest absolute Gasteiger partial charge is 0.134 e. The van der Waals surface area contributed by atoms with Gasteiger partial charge in [0.2, 0.25) is 0 Å². The predicted molar refractivity (Wildman–Crippen MR) is 72.5 cm³/mol. The fraction of sp³-hybridized carbons (Fsp3) is 0.231. The Kier molecular flexibility index (Phi) is 4.24. The van der Waals surface area contributed by atoms with Gasteiger partial charge in [0.15, 0.2) is 0 Å². The van der Waals surface area contributed by atoms with Gasteiger partial charge in [-0.15, -0.1) is 0 Å². The molecular weight excluding hydrogens is 240 g/mol. The largest absolute Gasteiger partial charge is 0.366 e. The summed E-state index contributed by atoms with van der Waals surface area (Å²) >= 11 is 0. The van der Waals surface area contributed by atoms with Crippen molar-refractivity contribution in [2.75, 3.05) is 23.8 Å². The molecule has 6 nitrogen and oxygen atoms in total. The molecule has 2 aromatic heterocycles. The van der Waals surface area contributed by atoms with Crippen LogP contribution >= 0.6 is 0 Å². The maximum Gasteiger partial charge on any atom is 0.134 e. The SMILES string of the molecule is CN(CC#N)c1cc(NCc2ccncc2)ncn1. The van der Waals surface area contributed by atoms with E-state index >= 15 is 0 Å². The van der Waals surface area contributed by atoms with E-state index in [0.717, 1.165) is 11.4 Å². The Morgan fingerprint density at radius 3 is 2.84 bits per heavy atom. The second kappa shape index (κ2) is 6.31. The molecule has 96 valence electrons. The Bertz CT molecular complexity index is 563. The van der Waals surface area contributed by atoms with Crippen LogP contribution in [0.4, 0.5) is 11.6 Å². The van der Waals surface area contributed by atoms with E-state index in [1.807, 2.05) is 25.2 Å². The summed E-state index contributed by atoms with van der Waals surface area (Å²) in [4.78, 5) is 14.0. The molecule has 0 aliphatic heterocycles. The topological polar surface area (TPSA) is 77.7 Å². The van der Waals surface area contributed by atoms with Crippen molar-refractivity contribution in [1.82, 2.24) is 15.0 Å². The van der Waals surface area contributed by atoms with Crippen LogP contribution in [0.1, 0.15) is 5.56 Å². The van der Waals surface area contributed by atoms with Crippen molar-refractivity contribution in [2.45, 2.75) is 6.54 Å². The minimum absolute atomic E-state index is 0.292. The van der Waals surface area contributed by atoms with Crippen LogP contribution in [0.3, 0.4) is 0 Å². The first-order chi connectivity index (χ1) is 9.29. The Morgan fingerprint density at radius 1 is 1.32 bits per heavy atom. The summed E-state index contributed by atoms with van der Waals surface area (Å²) in [5, 5.41) is 11.9. The van der Waals surface area contributed by atoms with Crippen LogP contribution in [0.25, 0.3) is 0 Å². The lowest BCUT2D eigenvalue weighted by Gasteiger charge is -2.14. The van der Waals surface area contributed by atoms with E-state index in [9.17, 15) is 0 Å². The summed E-state index contributed by atoms with van der Waals surface area (Å²) in [6.45, 7) is 0.960. The molecule has 6 heteroatoms. The lowest BCUT2D eigenvalue weighted by molar-refractivity contribution is 0.974. The molecule has 0 amide bonds. The van der Waals surface area contributed by atoms with Crippen LogP contribution in [0.5, 0.6) is 0 Å². The number of nitrogens with zero attached hydrogens (tertiary/aromatic N) is 5. The van der Waals surface area contributed by atoms with Crippen molar-refractivity contribution in [3.8, 4) is 6.07 Å². The molecular formula is C13H14N6. The van der Waals surface area contributed by atoms with Gasteiger partial charge < -0.3 is 10.2 Å². The van der Waals surface area contributed by atoms with Crippen molar-refractivity contribution in [2.24, 2.45) is 0 Å². The van der Waals surface area contributed by atoms with E-state index in [1.54, 1.807) is 17.3 Å². The van der Waals surface area contributed by atoms with Crippen LogP contribution < -0.4 is 10.2 Å². The maximum absolute atomic E-state index is 8.66. The normalized spacial score (nSPS) is 9.68. The van der Waals surface area contributed by atoms with Crippen LogP contribution in [0, 0.1) is 11.3 Å². The van der Waals surface area contributed by atoms with Crippen molar-refractivity contribution in [3.05, 3.63) is 42.5 Å². The van der Waals surface area contributed by atoms with Crippen LogP contribution in [-0.4, -0.2) is 28.5 Å². The van der Waals surface area contributed by atoms with E-state index < -0.39 is 0 Å². The highest BCUT2D eigenvalue weighted by Gasteiger charge is 2.03. The van der Waals surface area contributed by atoms with Crippen molar-refractivity contribution in [1.29, 1.82) is 5.26 Å². The monoisotopic (exact) mass is 254 g/mol. The molecule has 0 atom stereocenters. The quantitative estimate of drug-likeness (QED) is 0.813. The highest BCUT2D eigenvalue weighted by Crippen LogP contribution is 2.13. The third-order valence-electron chi connectivity index (χ3n) is 2.57. The first-order valence-electron chi connectivity index (χ1n) is 5.82. The summed E-state index contributed by atoms with van der Waals surface area (Å²) in [5.41, 5.74) is 1.13. The fourth-order valence-corrected chi connectivity index (χ4v) is 1.53. The average molecular weight is 254 g/mol. The lowest BCUT2D eigenvalue weighted by atomic mass is 10.3. The van der Waals surface area contributed by atoms with Gasteiger partial charge in [-0.05, 0) is 17.7 Å². The predicted octanol–water partition coefficient (Wildman–Crippen LogP) is 1.44. The molecule has 0 bridgehead atoms. The molecule has 2 rings (SSSR count). The molecule has 0 spiro atoms. The van der Waals surface area contributed by atoms with Gasteiger partial charge in [-0.1, -0.05) is 0 Å². The number of nitrogens with one attached hydrogen (secondary N) is 1. The molecule has 0 fully saturated rings. The minimum Gasteiger partial charge on any atom is -0.366 e. The molecule has 0 saturated carbocycles. The molecule has 0 unspecified atom stereocenters. The van der Waals surface area contributed by atoms with Crippen LogP contribution in [0.2, 0.25) is 0 Å². The van der Waals surface area contributed by atoms with Gasteiger partial charge in [0.05, 0.1) is 6.07 Å². The number of nitriles is 1. The summed E-state index contributed by atoms with van der Waals surface area (Å²) in [6.07, 6.45) is 4.99. The van der Waals surface area contributed by atoms with Crippen molar-refractivity contribution >= 4 is 11.6 Å². The van der Waals surface area contributed by atoms with Crippen LogP contribution in [-0.2, 0) is 6.54 Å². The Balaban J connectivity index is 2.01. The van der Waals surface area contributed by atoms with E-state index in [4.69, 9.17) is 5.26 Å². The molecule has 0 aliphatic carbocycles. The van der Waals surface area contributed by atoms with E-state index in [2.05, 4.69) is 26.3 Å². The van der Waals surface area contributed by atoms with Gasteiger partial charge in [0.25, 0.3) is 0 Å². The van der Waals surface area contributed by atoms with Gasteiger partial charge in [0, 0.05) is 32.1 Å². The number of hydrogen-bond acceptors (Lipinski definition) is 6. The minimum atomic E-state index is 0.292. The zero-order chi connectivity index (χ0) is 13.5. The third-order valence-corrected chi connectivity index (χ3v) is 2.57. The Labute approximate surface area is 111 Å². The van der Waals surface area contributed by atoms with Gasteiger partial charge in [-0.2, -0.15) is 5.26 Å². The maximum atomic E-state index is 8.66. The standard InChI is InChI=1S/C13H14N6/c1-19(7-4-14)13-8-12(17-10-18-13)16-9-11-2-5-15-6-3-11/h2-3,5-6,8,10H,7,9H2,1H3,(H,16,17,18). The number of anilines is 2. The second-order valence-corrected chi connectivity index (χ2v) is 3.98. The van der Waals surface area contributed by atoms with Crippen LogP contribution in [0.15, 0.2) is 36.9 Å². The third kappa shape index (κ3) is 3.64. The second-order valence-electron chi connectivity index (χ2n) is 3.98. The lowest BCUT2D eigenvalue weighted by Crippen LogP contribution is -2.18. The van der Waals surface area contributed by atoms with Crippen molar-refractivity contribution in [3.63, 3.8) is 0 Å². The Morgan fingerprint density at radius 2 is 2.11 bits per heavy atom. The highest BCUT2D eigenvalue weighted by molar-refractivity contribution is 5.48. The summed E-state index contributed by atoms with van der Waals surface area (Å²) in [6, 6.07) is 7.78. The first-order valence-corrected chi connectivity index (χ1v) is 5.82. The summed E-state index contributed by atoms with van der Waals surface area (Å²) in [7, 11) is 1.82. The summed E-state index contributed by atoms with van der Waals surface area (Å²) in [5.74, 6) is 1.44. The first kappa shape index (κ1) is 12.8. The highest BCUT2D eigenvalue weighted by atomic mass is 15.2. The molecule has 1 N–H and O–H groups in total. The molecule has 0 aromatic carbocycles. The molecule has 2 heterocycles. The summed E-state index contributed by atoms with van der Waals surface area (Å²) < 4.78 is 0. The molecule has 19 heavy (non-hydrogen) atoms. The van der Waals surface area contributed by atoms with Gasteiger partial charge >= 0.3 is 0 Å². The number of rotatable bonds is 5. The van der Waals surface area contributed by atoms with Crippen molar-refractivity contribution < 1.29 is 0 Å². The van der Waals surface area contributed by atoms with Gasteiger partial charge in [-0.3, -0.25) is 4.98 Å². The molecule has 0 radical (unpaired) electrons. The molecule has 0 saturated heterocycles. The zero-order valence-corrected chi connectivity index (χ0v) is 10.6. The van der Waals surface area contributed by atoms with E-state index in [-0.39, 0.29) is 0 Å². The van der Waals surface area contributed by atoms with Gasteiger partial charge in [0.1, 0.15) is 24.5 Å². The van der Waals surface area contributed by atoms with Gasteiger partial charge in [-0.25, -0.2) is 9.97 Å². The molecule has 0 aliphatic rings. The fourth-order valence-electron chi connectivity index (χ4n) is 1.53. The molecule has 2 aromatic rings. The Hall–Kier alpha value is -2.68. The number of hydrogen-bond donors (Lipinski definition) is 1.